The molecule has 2 amide bonds. The van der Waals surface area contributed by atoms with Crippen LogP contribution in [0.4, 0.5) is 4.79 Å². The number of nitrogens with one attached hydrogen (secondary N) is 3. The number of nitrogens with zero attached hydrogens (tertiary/aromatic N) is 2. The number of urea groups is 1. The highest BCUT2D eigenvalue weighted by molar-refractivity contribution is 5.85. The van der Waals surface area contributed by atoms with Crippen molar-refractivity contribution in [2.75, 3.05) is 27.2 Å². The molecule has 1 aliphatic rings. The first-order valence-corrected chi connectivity index (χ1v) is 6.92. The fraction of sp³-hybridized carbons (Fsp3) is 0.615. The molecule has 0 aromatic carbocycles. The van der Waals surface area contributed by atoms with Gasteiger partial charge in [0.05, 0.1) is 11.7 Å². The van der Waals surface area contributed by atoms with Crippen LogP contribution in [0.5, 0.6) is 0 Å². The van der Waals surface area contributed by atoms with E-state index in [4.69, 9.17) is 5.11 Å². The van der Waals surface area contributed by atoms with Crippen molar-refractivity contribution in [2.24, 2.45) is 0 Å². The molecule has 0 bridgehead atoms. The smallest absolute Gasteiger partial charge is 0.353 e. The van der Waals surface area contributed by atoms with Crippen LogP contribution in [0, 0.1) is 0 Å². The molecule has 2 rings (SSSR count). The third-order valence-corrected chi connectivity index (χ3v) is 3.66. The van der Waals surface area contributed by atoms with Gasteiger partial charge in [-0.15, -0.1) is 0 Å². The van der Waals surface area contributed by atoms with E-state index in [0.29, 0.717) is 12.4 Å². The lowest BCUT2D eigenvalue weighted by atomic mass is 9.76. The molecule has 8 nitrogen and oxygen atoms in total. The van der Waals surface area contributed by atoms with Crippen LogP contribution in [0.25, 0.3) is 0 Å². The number of amides is 2. The molecule has 21 heavy (non-hydrogen) atoms. The number of carbonyl (C=O) groups excluding carboxylic acids is 1. The number of carbonyl (C=O) groups is 2. The molecule has 1 saturated carbocycles. The first-order valence-electron chi connectivity index (χ1n) is 6.92. The highest BCUT2D eigenvalue weighted by Crippen LogP contribution is 2.39. The Balaban J connectivity index is 1.97. The minimum absolute atomic E-state index is 0.0334. The van der Waals surface area contributed by atoms with Crippen molar-refractivity contribution in [3.05, 3.63) is 17.7 Å². The molecule has 1 aromatic heterocycles. The van der Waals surface area contributed by atoms with E-state index in [0.717, 1.165) is 25.8 Å². The van der Waals surface area contributed by atoms with Gasteiger partial charge in [-0.05, 0) is 33.4 Å². The Morgan fingerprint density at radius 2 is 2.19 bits per heavy atom. The van der Waals surface area contributed by atoms with Gasteiger partial charge in [-0.1, -0.05) is 0 Å². The highest BCUT2D eigenvalue weighted by Gasteiger charge is 2.42. The zero-order chi connectivity index (χ0) is 15.5. The number of aromatic nitrogens is 2. The van der Waals surface area contributed by atoms with E-state index in [2.05, 4.69) is 20.6 Å². The second kappa shape index (κ2) is 6.13. The summed E-state index contributed by atoms with van der Waals surface area (Å²) in [5.41, 5.74) is -0.540. The fourth-order valence-corrected chi connectivity index (χ4v) is 2.28. The number of hydrogen-bond donors (Lipinski definition) is 4. The van der Waals surface area contributed by atoms with E-state index >= 15 is 0 Å². The summed E-state index contributed by atoms with van der Waals surface area (Å²) in [5, 5.41) is 14.6. The third-order valence-electron chi connectivity index (χ3n) is 3.66. The SMILES string of the molecule is CN(C)CCNC(=O)NC1(c2ncc(C(=O)O)[nH]2)CCC1. The van der Waals surface area contributed by atoms with E-state index in [-0.39, 0.29) is 11.7 Å². The van der Waals surface area contributed by atoms with Crippen LogP contribution in [0.15, 0.2) is 6.20 Å². The molecule has 1 fully saturated rings. The molecule has 1 heterocycles. The molecule has 0 aliphatic heterocycles. The van der Waals surface area contributed by atoms with Crippen molar-refractivity contribution in [1.29, 1.82) is 0 Å². The third kappa shape index (κ3) is 3.52. The number of hydrogen-bond acceptors (Lipinski definition) is 4. The molecule has 8 heteroatoms. The van der Waals surface area contributed by atoms with Gasteiger partial charge < -0.3 is 25.6 Å². The second-order valence-corrected chi connectivity index (χ2v) is 5.57. The zero-order valence-electron chi connectivity index (χ0n) is 12.3. The van der Waals surface area contributed by atoms with Gasteiger partial charge in [-0.25, -0.2) is 14.6 Å². The van der Waals surface area contributed by atoms with Gasteiger partial charge in [0.2, 0.25) is 0 Å². The number of carboxylic acid groups (broad SMARTS) is 1. The Morgan fingerprint density at radius 3 is 2.67 bits per heavy atom. The van der Waals surface area contributed by atoms with Crippen molar-refractivity contribution in [3.63, 3.8) is 0 Å². The molecule has 1 aromatic rings. The van der Waals surface area contributed by atoms with E-state index in [1.807, 2.05) is 19.0 Å². The summed E-state index contributed by atoms with van der Waals surface area (Å²) < 4.78 is 0. The molecule has 0 saturated heterocycles. The fourth-order valence-electron chi connectivity index (χ4n) is 2.28. The van der Waals surface area contributed by atoms with Crippen LogP contribution in [-0.2, 0) is 5.54 Å². The van der Waals surface area contributed by atoms with Crippen LogP contribution in [0.1, 0.15) is 35.6 Å². The van der Waals surface area contributed by atoms with Gasteiger partial charge in [0.15, 0.2) is 0 Å². The summed E-state index contributed by atoms with van der Waals surface area (Å²) in [6.07, 6.45) is 3.76. The Bertz CT molecular complexity index is 522. The number of aromatic amines is 1. The standard InChI is InChI=1S/C13H21N5O3/c1-18(2)7-6-14-12(21)17-13(4-3-5-13)11-15-8-9(16-11)10(19)20/h8H,3-7H2,1-2H3,(H,15,16)(H,19,20)(H2,14,17,21). The topological polar surface area (TPSA) is 110 Å². The molecule has 0 spiro atoms. The van der Waals surface area contributed by atoms with E-state index in [1.165, 1.54) is 6.20 Å². The normalized spacial score (nSPS) is 16.3. The maximum absolute atomic E-state index is 11.9. The number of rotatable bonds is 6. The zero-order valence-corrected chi connectivity index (χ0v) is 12.3. The monoisotopic (exact) mass is 295 g/mol. The minimum atomic E-state index is -1.06. The van der Waals surface area contributed by atoms with Crippen molar-refractivity contribution in [3.8, 4) is 0 Å². The summed E-state index contributed by atoms with van der Waals surface area (Å²) in [5.74, 6) is -0.549. The van der Waals surface area contributed by atoms with E-state index in [1.54, 1.807) is 0 Å². The lowest BCUT2D eigenvalue weighted by Crippen LogP contribution is -2.55. The summed E-state index contributed by atoms with van der Waals surface area (Å²) in [4.78, 5) is 31.7. The van der Waals surface area contributed by atoms with Gasteiger partial charge >= 0.3 is 12.0 Å². The molecule has 4 N–H and O–H groups in total. The number of likely N-dealkylation sites (N-methyl/N-ethyl adjacent to an activating group) is 1. The van der Waals surface area contributed by atoms with Crippen LogP contribution >= 0.6 is 0 Å². The average molecular weight is 295 g/mol. The van der Waals surface area contributed by atoms with Gasteiger partial charge in [0, 0.05) is 13.1 Å². The summed E-state index contributed by atoms with van der Waals surface area (Å²) in [6.45, 7) is 1.30. The van der Waals surface area contributed by atoms with E-state index in [9.17, 15) is 9.59 Å². The second-order valence-electron chi connectivity index (χ2n) is 5.57. The van der Waals surface area contributed by atoms with Gasteiger partial charge in [0.1, 0.15) is 11.5 Å². The van der Waals surface area contributed by atoms with Crippen molar-refractivity contribution in [2.45, 2.75) is 24.8 Å². The Hall–Kier alpha value is -2.09. The van der Waals surface area contributed by atoms with Crippen LogP contribution < -0.4 is 10.6 Å². The maximum Gasteiger partial charge on any atom is 0.353 e. The lowest BCUT2D eigenvalue weighted by molar-refractivity contribution is 0.0690. The molecule has 116 valence electrons. The first kappa shape index (κ1) is 15.3. The molecule has 0 atom stereocenters. The maximum atomic E-state index is 11.9. The number of aromatic carboxylic acids is 1. The minimum Gasteiger partial charge on any atom is -0.477 e. The van der Waals surface area contributed by atoms with Crippen LogP contribution in [0.3, 0.4) is 0 Å². The van der Waals surface area contributed by atoms with E-state index < -0.39 is 11.5 Å². The van der Waals surface area contributed by atoms with Gasteiger partial charge in [0.25, 0.3) is 0 Å². The van der Waals surface area contributed by atoms with Crippen LogP contribution in [-0.4, -0.2) is 59.2 Å². The van der Waals surface area contributed by atoms with Gasteiger partial charge in [-0.2, -0.15) is 0 Å². The van der Waals surface area contributed by atoms with Gasteiger partial charge in [-0.3, -0.25) is 0 Å². The van der Waals surface area contributed by atoms with Crippen molar-refractivity contribution >= 4 is 12.0 Å². The predicted octanol–water partition coefficient (Wildman–Crippen LogP) is 0.348. The Morgan fingerprint density at radius 1 is 1.48 bits per heavy atom. The summed E-state index contributed by atoms with van der Waals surface area (Å²) in [7, 11) is 3.87. The average Bonchev–Trinajstić information content (AvgIpc) is 2.83. The highest BCUT2D eigenvalue weighted by atomic mass is 16.4. The summed E-state index contributed by atoms with van der Waals surface area (Å²) >= 11 is 0. The number of carboxylic acids is 1. The molecule has 0 unspecified atom stereocenters. The van der Waals surface area contributed by atoms with Crippen molar-refractivity contribution < 1.29 is 14.7 Å². The number of H-pyrrole nitrogens is 1. The van der Waals surface area contributed by atoms with Crippen molar-refractivity contribution in [1.82, 2.24) is 25.5 Å². The number of imidazole rings is 1. The Kier molecular flexibility index (Phi) is 4.46. The Labute approximate surface area is 122 Å². The first-order chi connectivity index (χ1) is 9.93. The molecule has 1 aliphatic carbocycles. The predicted molar refractivity (Wildman–Crippen MR) is 76.2 cm³/mol. The molecular formula is C13H21N5O3. The molecular weight excluding hydrogens is 274 g/mol. The summed E-state index contributed by atoms with van der Waals surface area (Å²) in [6, 6.07) is -0.259. The quantitative estimate of drug-likeness (QED) is 0.605. The largest absolute Gasteiger partial charge is 0.477 e. The van der Waals surface area contributed by atoms with Crippen LogP contribution in [0.2, 0.25) is 0 Å². The lowest BCUT2D eigenvalue weighted by Gasteiger charge is -2.40. The molecule has 0 radical (unpaired) electrons.